The van der Waals surface area contributed by atoms with Gasteiger partial charge in [-0.25, -0.2) is 0 Å². The Balaban J connectivity index is 1.89. The predicted octanol–water partition coefficient (Wildman–Crippen LogP) is 3.36. The Hall–Kier alpha value is -1.98. The summed E-state index contributed by atoms with van der Waals surface area (Å²) in [6, 6.07) is 14.3. The molecule has 0 aromatic heterocycles. The fraction of sp³-hybridized carbons (Fsp3) is 0.333. The molecule has 0 radical (unpaired) electrons. The van der Waals surface area contributed by atoms with Gasteiger partial charge in [-0.05, 0) is 42.1 Å². The molecule has 1 aliphatic rings. The molecule has 1 fully saturated rings. The van der Waals surface area contributed by atoms with Crippen molar-refractivity contribution in [2.75, 3.05) is 20.3 Å². The molecule has 0 bridgehead atoms. The summed E-state index contributed by atoms with van der Waals surface area (Å²) >= 11 is 0. The Morgan fingerprint density at radius 3 is 2.70 bits per heavy atom. The Morgan fingerprint density at radius 1 is 1.17 bits per heavy atom. The van der Waals surface area contributed by atoms with Crippen molar-refractivity contribution in [3.63, 3.8) is 0 Å². The van der Waals surface area contributed by atoms with Gasteiger partial charge in [0.05, 0.1) is 13.7 Å². The van der Waals surface area contributed by atoms with Crippen molar-refractivity contribution in [2.45, 2.75) is 19.2 Å². The van der Waals surface area contributed by atoms with Gasteiger partial charge in [0.1, 0.15) is 0 Å². The summed E-state index contributed by atoms with van der Waals surface area (Å²) in [6.07, 6.45) is 0.649. The van der Waals surface area contributed by atoms with E-state index in [2.05, 4.69) is 18.2 Å². The molecule has 0 aliphatic carbocycles. The van der Waals surface area contributed by atoms with Crippen molar-refractivity contribution in [3.8, 4) is 22.6 Å². The lowest BCUT2D eigenvalue weighted by atomic mass is 9.79. The molecule has 23 heavy (non-hydrogen) atoms. The van der Waals surface area contributed by atoms with Crippen molar-refractivity contribution >= 4 is 7.12 Å². The first-order chi connectivity index (χ1) is 11.2. The maximum atomic E-state index is 9.54. The third-order valence-electron chi connectivity index (χ3n) is 4.13. The van der Waals surface area contributed by atoms with Crippen molar-refractivity contribution in [1.82, 2.24) is 0 Å². The van der Waals surface area contributed by atoms with E-state index in [0.29, 0.717) is 19.5 Å². The molecule has 1 aliphatic heterocycles. The van der Waals surface area contributed by atoms with E-state index in [1.54, 1.807) is 7.11 Å². The number of rotatable bonds is 5. The van der Waals surface area contributed by atoms with Crippen LogP contribution in [0.5, 0.6) is 11.5 Å². The lowest BCUT2D eigenvalue weighted by Gasteiger charge is -2.13. The summed E-state index contributed by atoms with van der Waals surface area (Å²) in [5.41, 5.74) is 3.38. The Labute approximate surface area is 137 Å². The minimum absolute atomic E-state index is 0.245. The van der Waals surface area contributed by atoms with Gasteiger partial charge in [0.25, 0.3) is 0 Å². The fourth-order valence-corrected chi connectivity index (χ4v) is 2.93. The van der Waals surface area contributed by atoms with Gasteiger partial charge in [0, 0.05) is 12.5 Å². The molecule has 0 amide bonds. The van der Waals surface area contributed by atoms with Crippen LogP contribution in [0.1, 0.15) is 18.4 Å². The van der Waals surface area contributed by atoms with Crippen LogP contribution < -0.4 is 9.47 Å². The molecule has 120 valence electrons. The van der Waals surface area contributed by atoms with Gasteiger partial charge in [-0.15, -0.1) is 0 Å². The van der Waals surface area contributed by atoms with Gasteiger partial charge in [-0.3, -0.25) is 0 Å². The van der Waals surface area contributed by atoms with Gasteiger partial charge < -0.3 is 19.2 Å². The van der Waals surface area contributed by atoms with E-state index in [1.807, 2.05) is 31.2 Å². The summed E-state index contributed by atoms with van der Waals surface area (Å²) in [4.78, 5) is 0. The second-order valence-electron chi connectivity index (χ2n) is 5.64. The number of ether oxygens (including phenoxy) is 2. The first-order valence-corrected chi connectivity index (χ1v) is 7.92. The summed E-state index contributed by atoms with van der Waals surface area (Å²) in [7, 11) is 1.00. The maximum absolute atomic E-state index is 9.54. The average Bonchev–Trinajstić information content (AvgIpc) is 3.02. The van der Waals surface area contributed by atoms with Crippen LogP contribution >= 0.6 is 0 Å². The van der Waals surface area contributed by atoms with E-state index in [4.69, 9.17) is 14.1 Å². The highest BCUT2D eigenvalue weighted by atomic mass is 16.5. The zero-order valence-electron chi connectivity index (χ0n) is 13.5. The van der Waals surface area contributed by atoms with E-state index in [9.17, 15) is 5.02 Å². The zero-order chi connectivity index (χ0) is 16.2. The molecular weight excluding hydrogens is 291 g/mol. The highest BCUT2D eigenvalue weighted by Gasteiger charge is 2.29. The number of methoxy groups -OCH3 is 1. The van der Waals surface area contributed by atoms with Crippen molar-refractivity contribution in [3.05, 3.63) is 48.0 Å². The molecule has 2 aromatic carbocycles. The molecule has 1 saturated heterocycles. The van der Waals surface area contributed by atoms with E-state index in [-0.39, 0.29) is 5.92 Å². The predicted molar refractivity (Wildman–Crippen MR) is 91.1 cm³/mol. The monoisotopic (exact) mass is 312 g/mol. The fourth-order valence-electron chi connectivity index (χ4n) is 2.93. The van der Waals surface area contributed by atoms with Gasteiger partial charge in [-0.2, -0.15) is 0 Å². The first-order valence-electron chi connectivity index (χ1n) is 7.92. The summed E-state index contributed by atoms with van der Waals surface area (Å²) in [5, 5.41) is 9.54. The van der Waals surface area contributed by atoms with E-state index >= 15 is 0 Å². The SMILES string of the molecule is CCOc1ccc(-c2cccc([C@@H]3COB(O)C3)c2)cc1OC. The third kappa shape index (κ3) is 3.51. The standard InChI is InChI=1S/C18H21BO4/c1-3-22-17-8-7-15(10-18(17)21-2)13-5-4-6-14(9-13)16-11-19(20)23-12-16/h4-10,16,20H,3,11-12H2,1-2H3/t16-/m0/s1. The Bertz CT molecular complexity index is 674. The van der Waals surface area contributed by atoms with E-state index < -0.39 is 7.12 Å². The van der Waals surface area contributed by atoms with Crippen LogP contribution in [0.25, 0.3) is 11.1 Å². The van der Waals surface area contributed by atoms with Crippen molar-refractivity contribution in [1.29, 1.82) is 0 Å². The summed E-state index contributed by atoms with van der Waals surface area (Å²) in [6.45, 7) is 3.13. The molecule has 1 N–H and O–H groups in total. The van der Waals surface area contributed by atoms with Gasteiger partial charge in [0.2, 0.25) is 0 Å². The molecule has 0 spiro atoms. The topological polar surface area (TPSA) is 47.9 Å². The largest absolute Gasteiger partial charge is 0.493 e. The van der Waals surface area contributed by atoms with Crippen LogP contribution in [0.15, 0.2) is 42.5 Å². The molecule has 4 nitrogen and oxygen atoms in total. The third-order valence-corrected chi connectivity index (χ3v) is 4.13. The normalized spacial score (nSPS) is 17.3. The first kappa shape index (κ1) is 15.9. The van der Waals surface area contributed by atoms with Crippen LogP contribution in [0.2, 0.25) is 6.32 Å². The van der Waals surface area contributed by atoms with Crippen LogP contribution in [0, 0.1) is 0 Å². The van der Waals surface area contributed by atoms with Crippen LogP contribution in [0.4, 0.5) is 0 Å². The quantitative estimate of drug-likeness (QED) is 0.860. The van der Waals surface area contributed by atoms with E-state index in [1.165, 1.54) is 5.56 Å². The van der Waals surface area contributed by atoms with Crippen LogP contribution in [0.3, 0.4) is 0 Å². The Morgan fingerprint density at radius 2 is 2.00 bits per heavy atom. The molecule has 2 aromatic rings. The second kappa shape index (κ2) is 7.07. The van der Waals surface area contributed by atoms with Gasteiger partial charge in [0.15, 0.2) is 11.5 Å². The number of hydrogen-bond donors (Lipinski definition) is 1. The molecule has 1 heterocycles. The smallest absolute Gasteiger partial charge is 0.454 e. The van der Waals surface area contributed by atoms with E-state index in [0.717, 1.165) is 22.6 Å². The van der Waals surface area contributed by atoms with Crippen LogP contribution in [-0.4, -0.2) is 32.5 Å². The number of hydrogen-bond acceptors (Lipinski definition) is 4. The van der Waals surface area contributed by atoms with Crippen LogP contribution in [-0.2, 0) is 4.65 Å². The second-order valence-corrected chi connectivity index (χ2v) is 5.64. The minimum Gasteiger partial charge on any atom is -0.493 e. The molecule has 3 rings (SSSR count). The maximum Gasteiger partial charge on any atom is 0.454 e. The molecule has 0 saturated carbocycles. The average molecular weight is 312 g/mol. The summed E-state index contributed by atoms with van der Waals surface area (Å²) in [5.74, 6) is 1.73. The minimum atomic E-state index is -0.644. The Kier molecular flexibility index (Phi) is 4.89. The number of benzene rings is 2. The van der Waals surface area contributed by atoms with Crippen molar-refractivity contribution < 1.29 is 19.2 Å². The lowest BCUT2D eigenvalue weighted by Crippen LogP contribution is -2.07. The molecular formula is C18H21BO4. The highest BCUT2D eigenvalue weighted by Crippen LogP contribution is 2.35. The van der Waals surface area contributed by atoms with Gasteiger partial charge >= 0.3 is 7.12 Å². The highest BCUT2D eigenvalue weighted by molar-refractivity contribution is 6.43. The summed E-state index contributed by atoms with van der Waals surface area (Å²) < 4.78 is 16.3. The molecule has 1 atom stereocenters. The van der Waals surface area contributed by atoms with Gasteiger partial charge in [-0.1, -0.05) is 30.3 Å². The van der Waals surface area contributed by atoms with Crippen molar-refractivity contribution in [2.24, 2.45) is 0 Å². The molecule has 0 unspecified atom stereocenters. The zero-order valence-corrected chi connectivity index (χ0v) is 13.5. The molecule has 5 heteroatoms. The lowest BCUT2D eigenvalue weighted by molar-refractivity contribution is 0.292.